The highest BCUT2D eigenvalue weighted by Crippen LogP contribution is 2.02. The average Bonchev–Trinajstić information content (AvgIpc) is 2.10. The Hall–Kier alpha value is 0.270. The van der Waals surface area contributed by atoms with Gasteiger partial charge in [0.05, 0.1) is 6.61 Å². The van der Waals surface area contributed by atoms with E-state index in [-0.39, 0.29) is 12.6 Å². The van der Waals surface area contributed by atoms with E-state index in [0.29, 0.717) is 5.92 Å². The van der Waals surface area contributed by atoms with Crippen molar-refractivity contribution in [3.05, 3.63) is 0 Å². The molecule has 0 aromatic carbocycles. The van der Waals surface area contributed by atoms with E-state index >= 15 is 0 Å². The van der Waals surface area contributed by atoms with Gasteiger partial charge in [0.2, 0.25) is 0 Å². The zero-order valence-electron chi connectivity index (χ0n) is 9.05. The summed E-state index contributed by atoms with van der Waals surface area (Å²) >= 11 is 1.97. The lowest BCUT2D eigenvalue weighted by atomic mass is 10.1. The minimum Gasteiger partial charge on any atom is -0.395 e. The van der Waals surface area contributed by atoms with Crippen LogP contribution in [0.2, 0.25) is 0 Å². The molecule has 1 unspecified atom stereocenters. The molecule has 13 heavy (non-hydrogen) atoms. The molecule has 0 aliphatic carbocycles. The zero-order valence-corrected chi connectivity index (χ0v) is 9.86. The van der Waals surface area contributed by atoms with Gasteiger partial charge in [-0.25, -0.2) is 0 Å². The molecule has 0 bridgehead atoms. The lowest BCUT2D eigenvalue weighted by Gasteiger charge is -2.19. The first kappa shape index (κ1) is 13.3. The summed E-state index contributed by atoms with van der Waals surface area (Å²) < 4.78 is 0. The van der Waals surface area contributed by atoms with E-state index in [1.54, 1.807) is 0 Å². The van der Waals surface area contributed by atoms with Crippen molar-refractivity contribution in [1.29, 1.82) is 0 Å². The number of hydrogen-bond acceptors (Lipinski definition) is 3. The molecule has 0 aromatic heterocycles. The van der Waals surface area contributed by atoms with Gasteiger partial charge in [-0.05, 0) is 30.4 Å². The van der Waals surface area contributed by atoms with Crippen molar-refractivity contribution < 1.29 is 5.11 Å². The first-order valence-corrected chi connectivity index (χ1v) is 6.29. The molecule has 1 atom stereocenters. The van der Waals surface area contributed by atoms with Gasteiger partial charge in [0.15, 0.2) is 0 Å². The Bertz CT molecular complexity index is 109. The molecule has 0 aromatic rings. The van der Waals surface area contributed by atoms with E-state index in [1.807, 2.05) is 11.8 Å². The molecule has 0 aliphatic rings. The van der Waals surface area contributed by atoms with Crippen molar-refractivity contribution in [3.63, 3.8) is 0 Å². The third-order valence-corrected chi connectivity index (χ3v) is 3.06. The Morgan fingerprint density at radius 3 is 2.54 bits per heavy atom. The molecule has 0 saturated carbocycles. The summed E-state index contributed by atoms with van der Waals surface area (Å²) in [5.74, 6) is 2.94. The Balaban J connectivity index is 3.28. The fourth-order valence-electron chi connectivity index (χ4n) is 1.12. The Kier molecular flexibility index (Phi) is 9.03. The van der Waals surface area contributed by atoms with E-state index in [2.05, 4.69) is 26.1 Å². The molecule has 0 radical (unpaired) electrons. The van der Waals surface area contributed by atoms with Gasteiger partial charge in [-0.3, -0.25) is 0 Å². The fraction of sp³-hybridized carbons (Fsp3) is 1.00. The predicted molar refractivity (Wildman–Crippen MR) is 61.3 cm³/mol. The van der Waals surface area contributed by atoms with Gasteiger partial charge in [-0.2, -0.15) is 11.8 Å². The van der Waals surface area contributed by atoms with Crippen LogP contribution in [0.4, 0.5) is 0 Å². The molecule has 2 N–H and O–H groups in total. The minimum atomic E-state index is 0.249. The number of hydrogen-bond donors (Lipinski definition) is 2. The topological polar surface area (TPSA) is 32.3 Å². The summed E-state index contributed by atoms with van der Waals surface area (Å²) in [7, 11) is 0. The predicted octanol–water partition coefficient (Wildman–Crippen LogP) is 1.74. The first-order valence-electron chi connectivity index (χ1n) is 5.14. The van der Waals surface area contributed by atoms with Crippen LogP contribution in [0.15, 0.2) is 0 Å². The van der Waals surface area contributed by atoms with Crippen LogP contribution >= 0.6 is 11.8 Å². The van der Waals surface area contributed by atoms with Crippen LogP contribution in [-0.2, 0) is 0 Å². The Morgan fingerprint density at radius 2 is 2.08 bits per heavy atom. The average molecular weight is 205 g/mol. The molecule has 2 nitrogen and oxygen atoms in total. The highest BCUT2D eigenvalue weighted by Gasteiger charge is 2.09. The van der Waals surface area contributed by atoms with Crippen LogP contribution in [-0.4, -0.2) is 35.8 Å². The van der Waals surface area contributed by atoms with Crippen LogP contribution in [0.5, 0.6) is 0 Å². The van der Waals surface area contributed by atoms with Crippen LogP contribution < -0.4 is 5.32 Å². The molecular weight excluding hydrogens is 182 g/mol. The molecule has 80 valence electrons. The highest BCUT2D eigenvalue weighted by molar-refractivity contribution is 7.99. The van der Waals surface area contributed by atoms with Gasteiger partial charge in [0, 0.05) is 6.04 Å². The Morgan fingerprint density at radius 1 is 1.38 bits per heavy atom. The summed E-state index contributed by atoms with van der Waals surface area (Å²) in [4.78, 5) is 0. The largest absolute Gasteiger partial charge is 0.395 e. The van der Waals surface area contributed by atoms with Crippen molar-refractivity contribution in [1.82, 2.24) is 5.32 Å². The Labute approximate surface area is 86.5 Å². The lowest BCUT2D eigenvalue weighted by Crippen LogP contribution is -2.37. The van der Waals surface area contributed by atoms with E-state index in [4.69, 9.17) is 5.11 Å². The third-order valence-electron chi connectivity index (χ3n) is 2.08. The normalized spacial score (nSPS) is 13.6. The van der Waals surface area contributed by atoms with E-state index in [1.165, 1.54) is 17.9 Å². The molecule has 0 spiro atoms. The molecule has 0 fully saturated rings. The van der Waals surface area contributed by atoms with Crippen molar-refractivity contribution in [2.75, 3.05) is 24.7 Å². The molecule has 0 rings (SSSR count). The minimum absolute atomic E-state index is 0.249. The second-order valence-corrected chi connectivity index (χ2v) is 4.93. The maximum Gasteiger partial charge on any atom is 0.0587 e. The lowest BCUT2D eigenvalue weighted by molar-refractivity contribution is 0.211. The number of rotatable bonds is 8. The quantitative estimate of drug-likeness (QED) is 0.592. The van der Waals surface area contributed by atoms with Crippen molar-refractivity contribution in [3.8, 4) is 0 Å². The van der Waals surface area contributed by atoms with Crippen molar-refractivity contribution in [2.45, 2.75) is 33.2 Å². The number of aliphatic hydroxyl groups excluding tert-OH is 1. The smallest absolute Gasteiger partial charge is 0.0587 e. The SMILES string of the molecule is CCSCCCNC(CO)C(C)C. The second kappa shape index (κ2) is 8.85. The number of aliphatic hydroxyl groups is 1. The van der Waals surface area contributed by atoms with Gasteiger partial charge in [-0.15, -0.1) is 0 Å². The van der Waals surface area contributed by atoms with Gasteiger partial charge >= 0.3 is 0 Å². The van der Waals surface area contributed by atoms with E-state index in [9.17, 15) is 0 Å². The summed E-state index contributed by atoms with van der Waals surface area (Å²) in [5, 5.41) is 12.4. The monoisotopic (exact) mass is 205 g/mol. The molecule has 0 saturated heterocycles. The van der Waals surface area contributed by atoms with Crippen molar-refractivity contribution >= 4 is 11.8 Å². The molecule has 0 amide bonds. The third kappa shape index (κ3) is 7.35. The number of thioether (sulfide) groups is 1. The summed E-state index contributed by atoms with van der Waals surface area (Å²) in [6.07, 6.45) is 1.20. The molecule has 3 heteroatoms. The van der Waals surface area contributed by atoms with Gasteiger partial charge in [0.25, 0.3) is 0 Å². The molecule has 0 aliphatic heterocycles. The van der Waals surface area contributed by atoms with Crippen molar-refractivity contribution in [2.24, 2.45) is 5.92 Å². The van der Waals surface area contributed by atoms with Crippen LogP contribution in [0.25, 0.3) is 0 Å². The van der Waals surface area contributed by atoms with E-state index < -0.39 is 0 Å². The summed E-state index contributed by atoms with van der Waals surface area (Å²) in [6, 6.07) is 0.270. The second-order valence-electron chi connectivity index (χ2n) is 3.54. The zero-order chi connectivity index (χ0) is 10.1. The highest BCUT2D eigenvalue weighted by atomic mass is 32.2. The van der Waals surface area contributed by atoms with Crippen LogP contribution in [0.1, 0.15) is 27.2 Å². The summed E-state index contributed by atoms with van der Waals surface area (Å²) in [5.41, 5.74) is 0. The van der Waals surface area contributed by atoms with Crippen LogP contribution in [0, 0.1) is 5.92 Å². The molecular formula is C10H23NOS. The first-order chi connectivity index (χ1) is 6.22. The van der Waals surface area contributed by atoms with Crippen LogP contribution in [0.3, 0.4) is 0 Å². The maximum absolute atomic E-state index is 9.03. The standard InChI is InChI=1S/C10H23NOS/c1-4-13-7-5-6-11-10(8-12)9(2)3/h9-12H,4-8H2,1-3H3. The van der Waals surface area contributed by atoms with Gasteiger partial charge in [0.1, 0.15) is 0 Å². The van der Waals surface area contributed by atoms with Gasteiger partial charge < -0.3 is 10.4 Å². The van der Waals surface area contributed by atoms with E-state index in [0.717, 1.165) is 6.54 Å². The maximum atomic E-state index is 9.03. The summed E-state index contributed by atoms with van der Waals surface area (Å²) in [6.45, 7) is 7.72. The van der Waals surface area contributed by atoms with Gasteiger partial charge in [-0.1, -0.05) is 20.8 Å². The number of nitrogens with one attached hydrogen (secondary N) is 1. The molecule has 0 heterocycles. The fourth-order valence-corrected chi connectivity index (χ4v) is 1.75.